The lowest BCUT2D eigenvalue weighted by atomic mass is 9.87. The highest BCUT2D eigenvalue weighted by atomic mass is 19.1. The van der Waals surface area contributed by atoms with Gasteiger partial charge in [-0.25, -0.2) is 4.39 Å². The van der Waals surface area contributed by atoms with E-state index in [0.29, 0.717) is 0 Å². The molecule has 0 unspecified atom stereocenters. The second-order valence-corrected chi connectivity index (χ2v) is 8.51. The Morgan fingerprint density at radius 2 is 1.79 bits per heavy atom. The van der Waals surface area contributed by atoms with Gasteiger partial charge in [-0.05, 0) is 89.3 Å². The van der Waals surface area contributed by atoms with Crippen molar-refractivity contribution in [3.63, 3.8) is 0 Å². The number of aryl methyl sites for hydroxylation is 2. The van der Waals surface area contributed by atoms with E-state index < -0.39 is 0 Å². The first-order valence-electron chi connectivity index (χ1n) is 11.0. The van der Waals surface area contributed by atoms with Crippen molar-refractivity contribution in [3.05, 3.63) is 88.7 Å². The number of benzene rings is 3. The molecule has 2 aliphatic rings. The summed E-state index contributed by atoms with van der Waals surface area (Å²) in [5, 5.41) is 2.86. The summed E-state index contributed by atoms with van der Waals surface area (Å²) in [6.07, 6.45) is 9.48. The molecule has 1 aliphatic heterocycles. The molecule has 0 saturated heterocycles. The predicted molar refractivity (Wildman–Crippen MR) is 120 cm³/mol. The van der Waals surface area contributed by atoms with Crippen LogP contribution in [0.4, 0.5) is 4.39 Å². The van der Waals surface area contributed by atoms with Crippen molar-refractivity contribution in [1.29, 1.82) is 0 Å². The fraction of sp³-hybridized carbons (Fsp3) is 0.333. The topological polar surface area (TPSA) is 3.24 Å². The van der Waals surface area contributed by atoms with Crippen LogP contribution >= 0.6 is 0 Å². The highest BCUT2D eigenvalue weighted by Gasteiger charge is 2.15. The minimum Gasteiger partial charge on any atom is -0.299 e. The summed E-state index contributed by atoms with van der Waals surface area (Å²) in [7, 11) is 0. The van der Waals surface area contributed by atoms with Crippen LogP contribution in [0.25, 0.3) is 16.3 Å². The molecule has 0 atom stereocenters. The number of nitrogens with zero attached hydrogens (tertiary/aromatic N) is 1. The van der Waals surface area contributed by atoms with Crippen LogP contribution in [-0.4, -0.2) is 24.5 Å². The van der Waals surface area contributed by atoms with E-state index in [0.717, 1.165) is 38.0 Å². The third kappa shape index (κ3) is 4.00. The van der Waals surface area contributed by atoms with Crippen LogP contribution in [-0.2, 0) is 19.3 Å². The minimum atomic E-state index is -0.149. The summed E-state index contributed by atoms with van der Waals surface area (Å²) in [6.45, 7) is 3.08. The van der Waals surface area contributed by atoms with Crippen LogP contribution in [0.1, 0.15) is 41.5 Å². The van der Waals surface area contributed by atoms with Gasteiger partial charge in [-0.15, -0.1) is 0 Å². The van der Waals surface area contributed by atoms with Gasteiger partial charge in [0.25, 0.3) is 0 Å². The van der Waals surface area contributed by atoms with Crippen molar-refractivity contribution in [2.45, 2.75) is 38.5 Å². The average Bonchev–Trinajstić information content (AvgIpc) is 2.78. The highest BCUT2D eigenvalue weighted by Crippen LogP contribution is 2.30. The maximum atomic E-state index is 13.5. The Balaban J connectivity index is 1.27. The first-order chi connectivity index (χ1) is 14.3. The molecule has 0 spiro atoms. The number of hydrogen-bond donors (Lipinski definition) is 0. The Hall–Kier alpha value is -2.45. The number of hydrogen-bond acceptors (Lipinski definition) is 1. The van der Waals surface area contributed by atoms with Gasteiger partial charge in [-0.1, -0.05) is 48.5 Å². The maximum Gasteiger partial charge on any atom is 0.123 e. The molecule has 2 heteroatoms. The van der Waals surface area contributed by atoms with Crippen molar-refractivity contribution in [2.75, 3.05) is 19.6 Å². The van der Waals surface area contributed by atoms with Crippen LogP contribution in [0.5, 0.6) is 0 Å². The van der Waals surface area contributed by atoms with Gasteiger partial charge in [0.1, 0.15) is 5.82 Å². The fourth-order valence-corrected chi connectivity index (χ4v) is 4.93. The Bertz CT molecular complexity index is 1070. The van der Waals surface area contributed by atoms with Crippen molar-refractivity contribution in [1.82, 2.24) is 4.90 Å². The van der Waals surface area contributed by atoms with Crippen molar-refractivity contribution in [3.8, 4) is 0 Å². The van der Waals surface area contributed by atoms with Gasteiger partial charge in [-0.2, -0.15) is 0 Å². The van der Waals surface area contributed by atoms with E-state index in [4.69, 9.17) is 0 Å². The molecule has 0 fully saturated rings. The van der Waals surface area contributed by atoms with E-state index in [2.05, 4.69) is 41.3 Å². The molecule has 3 aromatic carbocycles. The summed E-state index contributed by atoms with van der Waals surface area (Å²) in [6, 6.07) is 18.7. The molecule has 0 bridgehead atoms. The summed E-state index contributed by atoms with van der Waals surface area (Å²) < 4.78 is 13.5. The second kappa shape index (κ2) is 8.12. The van der Waals surface area contributed by atoms with Crippen LogP contribution < -0.4 is 0 Å². The zero-order valence-electron chi connectivity index (χ0n) is 17.0. The lowest BCUT2D eigenvalue weighted by molar-refractivity contribution is 0.306. The summed E-state index contributed by atoms with van der Waals surface area (Å²) in [5.74, 6) is -0.149. The second-order valence-electron chi connectivity index (χ2n) is 8.51. The van der Waals surface area contributed by atoms with Crippen LogP contribution in [0.2, 0.25) is 0 Å². The van der Waals surface area contributed by atoms with Crippen LogP contribution in [0.3, 0.4) is 0 Å². The molecule has 3 aromatic rings. The first-order valence-corrected chi connectivity index (χ1v) is 11.0. The van der Waals surface area contributed by atoms with Gasteiger partial charge in [0.05, 0.1) is 0 Å². The normalized spacial score (nSPS) is 17.2. The molecule has 29 heavy (non-hydrogen) atoms. The van der Waals surface area contributed by atoms with E-state index in [9.17, 15) is 4.39 Å². The number of halogens is 1. The molecule has 0 aromatic heterocycles. The lowest BCUT2D eigenvalue weighted by Crippen LogP contribution is -2.30. The van der Waals surface area contributed by atoms with Gasteiger partial charge >= 0.3 is 0 Å². The van der Waals surface area contributed by atoms with Gasteiger partial charge in [0.2, 0.25) is 0 Å². The van der Waals surface area contributed by atoms with E-state index in [1.54, 1.807) is 23.3 Å². The molecule has 1 nitrogen and oxygen atoms in total. The van der Waals surface area contributed by atoms with Gasteiger partial charge < -0.3 is 0 Å². The molecule has 1 aliphatic carbocycles. The fourth-order valence-electron chi connectivity index (χ4n) is 4.93. The third-order valence-corrected chi connectivity index (χ3v) is 6.62. The molecule has 5 rings (SSSR count). The Labute approximate surface area is 172 Å². The quantitative estimate of drug-likeness (QED) is 0.518. The van der Waals surface area contributed by atoms with E-state index in [1.165, 1.54) is 53.7 Å². The first kappa shape index (κ1) is 18.6. The largest absolute Gasteiger partial charge is 0.299 e. The van der Waals surface area contributed by atoms with Crippen LogP contribution in [0.15, 0.2) is 60.7 Å². The lowest BCUT2D eigenvalue weighted by Gasteiger charge is -2.26. The molecule has 148 valence electrons. The Morgan fingerprint density at radius 1 is 0.897 bits per heavy atom. The Morgan fingerprint density at radius 3 is 2.66 bits per heavy atom. The monoisotopic (exact) mass is 385 g/mol. The summed E-state index contributed by atoms with van der Waals surface area (Å²) >= 11 is 0. The van der Waals surface area contributed by atoms with E-state index in [-0.39, 0.29) is 5.82 Å². The number of rotatable bonds is 4. The van der Waals surface area contributed by atoms with Crippen LogP contribution in [0, 0.1) is 5.82 Å². The highest BCUT2D eigenvalue weighted by molar-refractivity contribution is 5.87. The molecule has 0 amide bonds. The molecule has 0 N–H and O–H groups in total. The number of fused-ring (bicyclic) bond motifs is 3. The van der Waals surface area contributed by atoms with Crippen molar-refractivity contribution in [2.24, 2.45) is 0 Å². The van der Waals surface area contributed by atoms with Crippen molar-refractivity contribution < 1.29 is 4.39 Å². The van der Waals surface area contributed by atoms with E-state index >= 15 is 0 Å². The van der Waals surface area contributed by atoms with E-state index in [1.807, 2.05) is 6.07 Å². The van der Waals surface area contributed by atoms with Gasteiger partial charge in [0.15, 0.2) is 0 Å². The molecule has 0 saturated carbocycles. The molecule has 0 radical (unpaired) electrons. The predicted octanol–water partition coefficient (Wildman–Crippen LogP) is 6.19. The maximum absolute atomic E-state index is 13.5. The van der Waals surface area contributed by atoms with Crippen molar-refractivity contribution >= 4 is 16.3 Å². The standard InChI is InChI=1S/C27H28FN/c28-25-6-3-5-24(19-25)21-13-16-29(17-14-21)15-12-20-8-9-23-11-10-22-4-1-2-7-26(22)27(23)18-20/h3,5-6,8-11,13,18-19H,1-2,4,7,12,14-17H2. The van der Waals surface area contributed by atoms with Gasteiger partial charge in [-0.3, -0.25) is 4.90 Å². The molecular weight excluding hydrogens is 357 g/mol. The van der Waals surface area contributed by atoms with Gasteiger partial charge in [0, 0.05) is 19.6 Å². The minimum absolute atomic E-state index is 0.149. The smallest absolute Gasteiger partial charge is 0.123 e. The molecular formula is C27H28FN. The summed E-state index contributed by atoms with van der Waals surface area (Å²) in [5.41, 5.74) is 6.90. The Kier molecular flexibility index (Phi) is 5.20. The zero-order chi connectivity index (χ0) is 19.6. The molecule has 1 heterocycles. The zero-order valence-corrected chi connectivity index (χ0v) is 17.0. The SMILES string of the molecule is Fc1cccc(C2=CCN(CCc3ccc4ccc5c(c4c3)CCCC5)CC2)c1. The summed E-state index contributed by atoms with van der Waals surface area (Å²) in [4.78, 5) is 2.51. The third-order valence-electron chi connectivity index (χ3n) is 6.62. The average molecular weight is 386 g/mol.